The Morgan fingerprint density at radius 1 is 1.24 bits per heavy atom. The van der Waals surface area contributed by atoms with Gasteiger partial charge >= 0.3 is 0 Å². The standard InChI is InChI=1S/C12H9BrClFN4O2/c13-10-1-6(15)2-11(14)12(10)17-7-3-8(18-16)5-9(4-7)19(20)21/h1-5,17-18H,16H2. The molecule has 9 heteroatoms. The summed E-state index contributed by atoms with van der Waals surface area (Å²) in [6, 6.07) is 6.51. The van der Waals surface area contributed by atoms with E-state index in [9.17, 15) is 14.5 Å². The van der Waals surface area contributed by atoms with E-state index in [1.807, 2.05) is 0 Å². The van der Waals surface area contributed by atoms with Crippen LogP contribution in [0.15, 0.2) is 34.8 Å². The number of nitrogens with zero attached hydrogens (tertiary/aromatic N) is 1. The summed E-state index contributed by atoms with van der Waals surface area (Å²) >= 11 is 9.13. The lowest BCUT2D eigenvalue weighted by Crippen LogP contribution is -2.07. The lowest BCUT2D eigenvalue weighted by Gasteiger charge is -2.12. The van der Waals surface area contributed by atoms with Crippen molar-refractivity contribution in [2.45, 2.75) is 0 Å². The Morgan fingerprint density at radius 2 is 1.90 bits per heavy atom. The van der Waals surface area contributed by atoms with Gasteiger partial charge in [0.15, 0.2) is 0 Å². The van der Waals surface area contributed by atoms with Crippen molar-refractivity contribution >= 4 is 50.3 Å². The van der Waals surface area contributed by atoms with Crippen molar-refractivity contribution in [1.82, 2.24) is 0 Å². The molecule has 110 valence electrons. The molecule has 6 nitrogen and oxygen atoms in total. The van der Waals surface area contributed by atoms with Crippen LogP contribution in [-0.2, 0) is 0 Å². The van der Waals surface area contributed by atoms with Crippen molar-refractivity contribution in [3.8, 4) is 0 Å². The third-order valence-electron chi connectivity index (χ3n) is 2.57. The van der Waals surface area contributed by atoms with Crippen molar-refractivity contribution in [1.29, 1.82) is 0 Å². The lowest BCUT2D eigenvalue weighted by atomic mass is 10.2. The normalized spacial score (nSPS) is 10.3. The average molecular weight is 376 g/mol. The van der Waals surface area contributed by atoms with Gasteiger partial charge in [-0.05, 0) is 34.1 Å². The number of anilines is 3. The highest BCUT2D eigenvalue weighted by Crippen LogP contribution is 2.35. The number of rotatable bonds is 4. The number of nitrogens with two attached hydrogens (primary N) is 1. The second kappa shape index (κ2) is 6.25. The van der Waals surface area contributed by atoms with Gasteiger partial charge in [-0.3, -0.25) is 16.0 Å². The van der Waals surface area contributed by atoms with Crippen LogP contribution >= 0.6 is 27.5 Å². The van der Waals surface area contributed by atoms with Crippen molar-refractivity contribution in [3.05, 3.63) is 55.8 Å². The van der Waals surface area contributed by atoms with Crippen LogP contribution in [0, 0.1) is 15.9 Å². The number of nitrogens with one attached hydrogen (secondary N) is 2. The van der Waals surface area contributed by atoms with Gasteiger partial charge in [0.1, 0.15) is 5.82 Å². The zero-order valence-corrected chi connectivity index (χ0v) is 12.7. The van der Waals surface area contributed by atoms with Gasteiger partial charge in [-0.1, -0.05) is 11.6 Å². The molecule has 0 fully saturated rings. The minimum absolute atomic E-state index is 0.135. The topological polar surface area (TPSA) is 93.2 Å². The number of nitro benzene ring substituents is 1. The number of hydrazine groups is 1. The molecule has 0 radical (unpaired) electrons. The van der Waals surface area contributed by atoms with E-state index in [0.717, 1.165) is 6.07 Å². The van der Waals surface area contributed by atoms with Crippen molar-refractivity contribution in [2.24, 2.45) is 5.84 Å². The summed E-state index contributed by atoms with van der Waals surface area (Å²) in [5.74, 6) is 4.78. The SMILES string of the molecule is NNc1cc(Nc2c(Cl)cc(F)cc2Br)cc([N+](=O)[O-])c1. The summed E-state index contributed by atoms with van der Waals surface area (Å²) in [6.45, 7) is 0. The first kappa shape index (κ1) is 15.5. The van der Waals surface area contributed by atoms with Crippen LogP contribution in [0.2, 0.25) is 5.02 Å². The lowest BCUT2D eigenvalue weighted by molar-refractivity contribution is -0.384. The Kier molecular flexibility index (Phi) is 4.61. The molecule has 0 spiro atoms. The minimum atomic E-state index is -0.548. The van der Waals surface area contributed by atoms with Gasteiger partial charge in [0.05, 0.1) is 21.3 Å². The molecule has 2 aromatic rings. The zero-order chi connectivity index (χ0) is 15.6. The Hall–Kier alpha value is -1.90. The molecule has 0 saturated heterocycles. The summed E-state index contributed by atoms with van der Waals surface area (Å²) in [4.78, 5) is 10.3. The van der Waals surface area contributed by atoms with E-state index in [-0.39, 0.29) is 10.7 Å². The fourth-order valence-corrected chi connectivity index (χ4v) is 2.58. The molecule has 2 aromatic carbocycles. The second-order valence-corrected chi connectivity index (χ2v) is 5.30. The molecular weight excluding hydrogens is 367 g/mol. The number of benzene rings is 2. The Morgan fingerprint density at radius 3 is 2.48 bits per heavy atom. The average Bonchev–Trinajstić information content (AvgIpc) is 2.42. The molecular formula is C12H9BrClFN4O2. The molecule has 0 aliphatic rings. The highest BCUT2D eigenvalue weighted by atomic mass is 79.9. The first-order chi connectivity index (χ1) is 9.90. The monoisotopic (exact) mass is 374 g/mol. The number of nitrogen functional groups attached to an aromatic ring is 1. The number of nitro groups is 1. The van der Waals surface area contributed by atoms with Crippen molar-refractivity contribution < 1.29 is 9.31 Å². The quantitative estimate of drug-likeness (QED) is 0.423. The minimum Gasteiger partial charge on any atom is -0.353 e. The fraction of sp³-hybridized carbons (Fsp3) is 0. The predicted molar refractivity (Wildman–Crippen MR) is 83.3 cm³/mol. The number of hydrogen-bond acceptors (Lipinski definition) is 5. The first-order valence-corrected chi connectivity index (χ1v) is 6.75. The van der Waals surface area contributed by atoms with E-state index in [2.05, 4.69) is 26.7 Å². The molecule has 2 rings (SSSR count). The molecule has 21 heavy (non-hydrogen) atoms. The van der Waals surface area contributed by atoms with Crippen LogP contribution in [0.3, 0.4) is 0 Å². The third kappa shape index (κ3) is 3.60. The molecule has 0 aliphatic heterocycles. The molecule has 0 aliphatic carbocycles. The van der Waals surface area contributed by atoms with Crippen molar-refractivity contribution in [2.75, 3.05) is 10.7 Å². The van der Waals surface area contributed by atoms with Crippen LogP contribution in [0.25, 0.3) is 0 Å². The molecule has 0 saturated carbocycles. The zero-order valence-electron chi connectivity index (χ0n) is 10.4. The van der Waals surface area contributed by atoms with Gasteiger partial charge in [-0.15, -0.1) is 0 Å². The number of halogens is 3. The maximum atomic E-state index is 13.2. The van der Waals surface area contributed by atoms with Gasteiger partial charge in [0.2, 0.25) is 0 Å². The van der Waals surface area contributed by atoms with E-state index in [1.165, 1.54) is 18.2 Å². The molecule has 4 N–H and O–H groups in total. The van der Waals surface area contributed by atoms with E-state index in [4.69, 9.17) is 17.4 Å². The predicted octanol–water partition coefficient (Wildman–Crippen LogP) is 4.18. The van der Waals surface area contributed by atoms with Crippen molar-refractivity contribution in [3.63, 3.8) is 0 Å². The summed E-state index contributed by atoms with van der Waals surface area (Å²) in [6.07, 6.45) is 0. The molecule has 0 aromatic heterocycles. The first-order valence-electron chi connectivity index (χ1n) is 5.58. The number of hydrogen-bond donors (Lipinski definition) is 3. The van der Waals surface area contributed by atoms with Crippen LogP contribution in [0.1, 0.15) is 0 Å². The summed E-state index contributed by atoms with van der Waals surface area (Å²) in [5.41, 5.74) is 3.31. The van der Waals surface area contributed by atoms with E-state index >= 15 is 0 Å². The van der Waals surface area contributed by atoms with Crippen LogP contribution < -0.4 is 16.6 Å². The summed E-state index contributed by atoms with van der Waals surface area (Å²) in [5, 5.41) is 13.9. The van der Waals surface area contributed by atoms with Gasteiger partial charge in [-0.25, -0.2) is 4.39 Å². The highest BCUT2D eigenvalue weighted by Gasteiger charge is 2.13. The second-order valence-electron chi connectivity index (χ2n) is 4.04. The maximum Gasteiger partial charge on any atom is 0.273 e. The smallest absolute Gasteiger partial charge is 0.273 e. The molecule has 0 unspecified atom stereocenters. The molecule has 0 amide bonds. The van der Waals surface area contributed by atoms with Crippen LogP contribution in [0.5, 0.6) is 0 Å². The Balaban J connectivity index is 2.44. The van der Waals surface area contributed by atoms with Gasteiger partial charge in [0, 0.05) is 22.3 Å². The van der Waals surface area contributed by atoms with E-state index in [1.54, 1.807) is 6.07 Å². The fourth-order valence-electron chi connectivity index (χ4n) is 1.68. The van der Waals surface area contributed by atoms with Gasteiger partial charge in [-0.2, -0.15) is 0 Å². The molecule has 0 bridgehead atoms. The Bertz CT molecular complexity index is 691. The van der Waals surface area contributed by atoms with Gasteiger partial charge < -0.3 is 10.7 Å². The molecule has 0 heterocycles. The van der Waals surface area contributed by atoms with Gasteiger partial charge in [0.25, 0.3) is 5.69 Å². The molecule has 0 atom stereocenters. The Labute approximate surface area is 132 Å². The third-order valence-corrected chi connectivity index (χ3v) is 3.49. The maximum absolute atomic E-state index is 13.2. The highest BCUT2D eigenvalue weighted by molar-refractivity contribution is 9.10. The van der Waals surface area contributed by atoms with Crippen LogP contribution in [-0.4, -0.2) is 4.92 Å². The summed E-state index contributed by atoms with van der Waals surface area (Å²) < 4.78 is 13.6. The summed E-state index contributed by atoms with van der Waals surface area (Å²) in [7, 11) is 0. The van der Waals surface area contributed by atoms with Crippen LogP contribution in [0.4, 0.5) is 27.1 Å². The van der Waals surface area contributed by atoms with E-state index < -0.39 is 10.7 Å². The van der Waals surface area contributed by atoms with E-state index in [0.29, 0.717) is 21.5 Å². The number of non-ortho nitro benzene ring substituents is 1. The largest absolute Gasteiger partial charge is 0.353 e.